The lowest BCUT2D eigenvalue weighted by Crippen LogP contribution is -2.05. The lowest BCUT2D eigenvalue weighted by molar-refractivity contribution is 0.668. The maximum Gasteiger partial charge on any atom is 0.164 e. The van der Waals surface area contributed by atoms with Crippen molar-refractivity contribution in [3.63, 3.8) is 0 Å². The van der Waals surface area contributed by atoms with E-state index in [0.717, 1.165) is 112 Å². The quantitative estimate of drug-likeness (QED) is 0.152. The molecule has 14 aromatic rings. The minimum absolute atomic E-state index is 0.564. The van der Waals surface area contributed by atoms with E-state index in [1.54, 1.807) is 0 Å². The topological polar surface area (TPSA) is 69.9 Å². The van der Waals surface area contributed by atoms with Gasteiger partial charge in [-0.1, -0.05) is 158 Å². The predicted octanol–water partition coefficient (Wildman–Crippen LogP) is 18.5. The van der Waals surface area contributed by atoms with E-state index in [1.807, 2.05) is 48.5 Å². The van der Waals surface area contributed by atoms with Crippen molar-refractivity contribution < 1.29 is 8.83 Å². The molecule has 4 aromatic heterocycles. The Hall–Kier alpha value is -9.91. The molecule has 1 aliphatic carbocycles. The summed E-state index contributed by atoms with van der Waals surface area (Å²) in [5.74, 6) is 1.69. The number of fused-ring (bicyclic) bond motifs is 9. The van der Waals surface area contributed by atoms with Gasteiger partial charge in [0, 0.05) is 60.1 Å². The van der Waals surface area contributed by atoms with Gasteiger partial charge < -0.3 is 13.4 Å². The summed E-state index contributed by atoms with van der Waals surface area (Å²) in [4.78, 5) is 16.2. The zero-order valence-corrected chi connectivity index (χ0v) is 40.6. The minimum Gasteiger partial charge on any atom is -0.456 e. The van der Waals surface area contributed by atoms with Crippen LogP contribution in [0.15, 0.2) is 252 Å². The predicted molar refractivity (Wildman–Crippen MR) is 308 cm³/mol. The van der Waals surface area contributed by atoms with Crippen LogP contribution in [0, 0.1) is 0 Å². The molecule has 6 nitrogen and oxygen atoms in total. The van der Waals surface area contributed by atoms with Crippen LogP contribution < -0.4 is 0 Å². The summed E-state index contributed by atoms with van der Waals surface area (Å²) < 4.78 is 15.1. The molecule has 4 heterocycles. The van der Waals surface area contributed by atoms with Crippen molar-refractivity contribution in [2.45, 2.75) is 12.8 Å². The molecule has 15 rings (SSSR count). The van der Waals surface area contributed by atoms with Gasteiger partial charge in [-0.05, 0) is 131 Å². The number of rotatable bonds is 8. The minimum atomic E-state index is 0.564. The zero-order chi connectivity index (χ0) is 49.4. The summed E-state index contributed by atoms with van der Waals surface area (Å²) in [6, 6.07) is 79.4. The Labute approximate surface area is 431 Å². The van der Waals surface area contributed by atoms with Crippen LogP contribution in [0.3, 0.4) is 0 Å². The fraction of sp³-hybridized carbons (Fsp3) is 0.0290. The normalized spacial score (nSPS) is 12.7. The van der Waals surface area contributed by atoms with Crippen molar-refractivity contribution in [3.05, 3.63) is 248 Å². The van der Waals surface area contributed by atoms with Crippen LogP contribution in [-0.2, 0) is 0 Å². The fourth-order valence-corrected chi connectivity index (χ4v) is 11.3. The molecule has 0 spiro atoms. The van der Waals surface area contributed by atoms with E-state index in [0.29, 0.717) is 17.5 Å². The van der Waals surface area contributed by atoms with Gasteiger partial charge in [0.1, 0.15) is 22.3 Å². The molecule has 6 heteroatoms. The van der Waals surface area contributed by atoms with Crippen molar-refractivity contribution in [1.82, 2.24) is 19.5 Å². The number of furan rings is 2. The molecule has 0 saturated carbocycles. The SMILES string of the molecule is C1=CC(c2cc(-c3nc(-c4ccc5oc6ccccc6c5c4)nc(-c4ccc5oc6ccccc6c5c4)n3)cc(-c3ccccc3)c2-n2c3ccc(-c4ccccc4)cc3c3cc(-c4ccccc4)ccc32)=CCC1. The lowest BCUT2D eigenvalue weighted by atomic mass is 9.90. The molecule has 0 amide bonds. The Morgan fingerprint density at radius 3 is 1.28 bits per heavy atom. The van der Waals surface area contributed by atoms with Crippen molar-refractivity contribution in [3.8, 4) is 73.2 Å². The third-order valence-electron chi connectivity index (χ3n) is 14.9. The second-order valence-electron chi connectivity index (χ2n) is 19.4. The van der Waals surface area contributed by atoms with Crippen LogP contribution in [0.2, 0.25) is 0 Å². The van der Waals surface area contributed by atoms with Gasteiger partial charge in [-0.15, -0.1) is 0 Å². The molecule has 0 aliphatic heterocycles. The maximum atomic E-state index is 6.30. The first-order valence-corrected chi connectivity index (χ1v) is 25.5. The van der Waals surface area contributed by atoms with E-state index in [9.17, 15) is 0 Å². The highest BCUT2D eigenvalue weighted by Crippen LogP contribution is 2.45. The van der Waals surface area contributed by atoms with Crippen molar-refractivity contribution in [2.75, 3.05) is 0 Å². The van der Waals surface area contributed by atoms with E-state index >= 15 is 0 Å². The molecule has 1 aliphatic rings. The Balaban J connectivity index is 1.01. The Bertz CT molecular complexity index is 4410. The van der Waals surface area contributed by atoms with Crippen LogP contribution in [0.5, 0.6) is 0 Å². The van der Waals surface area contributed by atoms with Crippen LogP contribution in [0.25, 0.3) is 144 Å². The average molecular weight is 961 g/mol. The third kappa shape index (κ3) is 7.29. The Kier molecular flexibility index (Phi) is 9.91. The molecule has 0 atom stereocenters. The average Bonchev–Trinajstić information content (AvgIpc) is 4.21. The van der Waals surface area contributed by atoms with Crippen LogP contribution in [-0.4, -0.2) is 19.5 Å². The molecule has 10 aromatic carbocycles. The van der Waals surface area contributed by atoms with Gasteiger partial charge in [0.2, 0.25) is 0 Å². The first-order chi connectivity index (χ1) is 37.1. The molecule has 0 fully saturated rings. The molecule has 0 bridgehead atoms. The van der Waals surface area contributed by atoms with E-state index in [-0.39, 0.29) is 0 Å². The zero-order valence-electron chi connectivity index (χ0n) is 40.6. The first-order valence-electron chi connectivity index (χ1n) is 25.5. The van der Waals surface area contributed by atoms with Crippen LogP contribution in [0.4, 0.5) is 0 Å². The largest absolute Gasteiger partial charge is 0.456 e. The fourth-order valence-electron chi connectivity index (χ4n) is 11.3. The van der Waals surface area contributed by atoms with Gasteiger partial charge in [-0.2, -0.15) is 0 Å². The maximum absolute atomic E-state index is 6.30. The number of benzene rings is 10. The van der Waals surface area contributed by atoms with Gasteiger partial charge in [-0.3, -0.25) is 0 Å². The summed E-state index contributed by atoms with van der Waals surface area (Å²) in [6.07, 6.45) is 8.88. The molecule has 0 unspecified atom stereocenters. The molecule has 75 heavy (non-hydrogen) atoms. The van der Waals surface area contributed by atoms with E-state index < -0.39 is 0 Å². The smallest absolute Gasteiger partial charge is 0.164 e. The van der Waals surface area contributed by atoms with Crippen LogP contribution in [0.1, 0.15) is 18.4 Å². The van der Waals surface area contributed by atoms with Gasteiger partial charge in [0.15, 0.2) is 17.5 Å². The summed E-state index contributed by atoms with van der Waals surface area (Å²) in [5, 5.41) is 6.46. The number of hydrogen-bond donors (Lipinski definition) is 0. The summed E-state index contributed by atoms with van der Waals surface area (Å²) in [5.41, 5.74) is 18.3. The molecular weight excluding hydrogens is 917 g/mol. The number of aromatic nitrogens is 4. The van der Waals surface area contributed by atoms with Crippen LogP contribution >= 0.6 is 0 Å². The number of allylic oxidation sites excluding steroid dienone is 4. The van der Waals surface area contributed by atoms with Crippen molar-refractivity contribution >= 4 is 71.3 Å². The number of para-hydroxylation sites is 2. The summed E-state index contributed by atoms with van der Waals surface area (Å²) >= 11 is 0. The highest BCUT2D eigenvalue weighted by atomic mass is 16.3. The van der Waals surface area contributed by atoms with Crippen molar-refractivity contribution in [2.24, 2.45) is 0 Å². The second kappa shape index (κ2) is 17.4. The molecule has 0 radical (unpaired) electrons. The summed E-state index contributed by atoms with van der Waals surface area (Å²) in [7, 11) is 0. The third-order valence-corrected chi connectivity index (χ3v) is 14.9. The highest BCUT2D eigenvalue weighted by molar-refractivity contribution is 6.13. The number of nitrogens with zero attached hydrogens (tertiary/aromatic N) is 4. The molecular formula is C69H44N4O2. The summed E-state index contributed by atoms with van der Waals surface area (Å²) in [6.45, 7) is 0. The first kappa shape index (κ1) is 42.7. The molecule has 352 valence electrons. The van der Waals surface area contributed by atoms with Gasteiger partial charge in [-0.25, -0.2) is 15.0 Å². The molecule has 0 N–H and O–H groups in total. The monoisotopic (exact) mass is 960 g/mol. The number of hydrogen-bond acceptors (Lipinski definition) is 5. The Morgan fingerprint density at radius 1 is 0.320 bits per heavy atom. The highest BCUT2D eigenvalue weighted by Gasteiger charge is 2.25. The molecule has 0 saturated heterocycles. The van der Waals surface area contributed by atoms with E-state index in [1.165, 1.54) is 33.0 Å². The van der Waals surface area contributed by atoms with Gasteiger partial charge >= 0.3 is 0 Å². The lowest BCUT2D eigenvalue weighted by Gasteiger charge is -2.22. The van der Waals surface area contributed by atoms with Gasteiger partial charge in [0.05, 0.1) is 16.7 Å². The van der Waals surface area contributed by atoms with Crippen molar-refractivity contribution in [1.29, 1.82) is 0 Å². The van der Waals surface area contributed by atoms with E-state index in [2.05, 4.69) is 199 Å². The Morgan fingerprint density at radius 2 is 0.760 bits per heavy atom. The van der Waals surface area contributed by atoms with Gasteiger partial charge in [0.25, 0.3) is 0 Å². The standard InChI is InChI=1S/C69H44N4O2/c1-5-17-43(18-6-1)47-29-33-60-56(37-47)57-38-48(44-19-7-2-8-20-44)30-34-61(57)73(60)66-54(45-21-9-3-10-22-45)41-51(42-55(66)46-23-11-4-12-24-46)69-71-67(49-31-35-64-58(39-49)52-25-13-15-27-62(52)74-64)70-68(72-69)50-32-36-65-59(40-50)53-26-14-16-28-63(53)75-65/h1-3,5-11,13-42H,4,12H2. The second-order valence-corrected chi connectivity index (χ2v) is 19.4. The van der Waals surface area contributed by atoms with E-state index in [4.69, 9.17) is 23.8 Å².